The van der Waals surface area contributed by atoms with E-state index >= 15 is 0 Å². The number of halogens is 1. The number of ether oxygens (including phenoxy) is 1. The van der Waals surface area contributed by atoms with Crippen LogP contribution in [-0.4, -0.2) is 61.8 Å². The zero-order valence-corrected chi connectivity index (χ0v) is 18.7. The smallest absolute Gasteiger partial charge is 0.191 e. The Morgan fingerprint density at radius 2 is 2.17 bits per heavy atom. The summed E-state index contributed by atoms with van der Waals surface area (Å²) < 4.78 is 5.54. The number of thiazole rings is 1. The average molecular weight is 436 g/mol. The van der Waals surface area contributed by atoms with Crippen LogP contribution in [-0.2, 0) is 11.2 Å². The highest BCUT2D eigenvalue weighted by molar-refractivity contribution is 7.11. The highest BCUT2D eigenvalue weighted by Gasteiger charge is 2.22. The first kappa shape index (κ1) is 22.0. The molecule has 0 spiro atoms. The molecule has 1 aromatic heterocycles. The fourth-order valence-corrected chi connectivity index (χ4v) is 4.34. The predicted octanol–water partition coefficient (Wildman–Crippen LogP) is 3.28. The van der Waals surface area contributed by atoms with Crippen molar-refractivity contribution in [1.29, 1.82) is 0 Å². The van der Waals surface area contributed by atoms with E-state index in [1.165, 1.54) is 10.4 Å². The molecule has 8 heteroatoms. The van der Waals surface area contributed by atoms with Gasteiger partial charge in [0.2, 0.25) is 0 Å². The summed E-state index contributed by atoms with van der Waals surface area (Å²) in [5.74, 6) is 0.834. The number of rotatable bonds is 8. The van der Waals surface area contributed by atoms with Crippen molar-refractivity contribution >= 4 is 28.9 Å². The quantitative estimate of drug-likeness (QED) is 0.492. The predicted molar refractivity (Wildman–Crippen MR) is 121 cm³/mol. The molecule has 1 aliphatic heterocycles. The van der Waals surface area contributed by atoms with Crippen LogP contribution in [0.3, 0.4) is 0 Å². The number of nitrogens with zero attached hydrogens (tertiary/aromatic N) is 3. The minimum atomic E-state index is 0.176. The number of hydrogen-bond donors (Lipinski definition) is 2. The molecular formula is C21H30ClN5OS. The second-order valence-electron chi connectivity index (χ2n) is 6.98. The molecule has 0 bridgehead atoms. The molecule has 2 heterocycles. The first-order valence-corrected chi connectivity index (χ1v) is 11.4. The maximum absolute atomic E-state index is 6.26. The number of nitrogens with one attached hydrogen (secondary N) is 2. The Bertz CT molecular complexity index is 791. The van der Waals surface area contributed by atoms with Gasteiger partial charge in [-0.3, -0.25) is 9.89 Å². The van der Waals surface area contributed by atoms with Gasteiger partial charge in [0, 0.05) is 48.7 Å². The Kier molecular flexibility index (Phi) is 8.73. The maximum atomic E-state index is 6.26. The normalized spacial score (nSPS) is 16.6. The van der Waals surface area contributed by atoms with E-state index in [1.54, 1.807) is 11.3 Å². The van der Waals surface area contributed by atoms with E-state index in [4.69, 9.17) is 21.3 Å². The van der Waals surface area contributed by atoms with E-state index in [1.807, 2.05) is 24.4 Å². The van der Waals surface area contributed by atoms with E-state index < -0.39 is 0 Å². The third-order valence-corrected chi connectivity index (χ3v) is 5.99. The lowest BCUT2D eigenvalue weighted by molar-refractivity contribution is 0.0180. The van der Waals surface area contributed by atoms with Gasteiger partial charge in [0.05, 0.1) is 30.8 Å². The summed E-state index contributed by atoms with van der Waals surface area (Å²) in [7, 11) is 0. The first-order chi connectivity index (χ1) is 14.2. The van der Waals surface area contributed by atoms with E-state index in [-0.39, 0.29) is 6.04 Å². The van der Waals surface area contributed by atoms with Crippen molar-refractivity contribution in [3.05, 3.63) is 50.9 Å². The molecule has 1 aliphatic rings. The highest BCUT2D eigenvalue weighted by atomic mass is 35.5. The zero-order valence-electron chi connectivity index (χ0n) is 17.2. The number of aromatic nitrogens is 1. The van der Waals surface area contributed by atoms with Crippen LogP contribution in [0.25, 0.3) is 0 Å². The minimum Gasteiger partial charge on any atom is -0.379 e. The van der Waals surface area contributed by atoms with Gasteiger partial charge in [0.1, 0.15) is 0 Å². The van der Waals surface area contributed by atoms with Gasteiger partial charge in [0.25, 0.3) is 0 Å². The Morgan fingerprint density at radius 1 is 1.34 bits per heavy atom. The molecule has 1 fully saturated rings. The van der Waals surface area contributed by atoms with E-state index in [0.717, 1.165) is 61.8 Å². The summed E-state index contributed by atoms with van der Waals surface area (Å²) in [6.45, 7) is 9.77. The molecule has 6 nitrogen and oxygen atoms in total. The summed E-state index contributed by atoms with van der Waals surface area (Å²) in [5.41, 5.74) is 1.19. The molecule has 1 saturated heterocycles. The van der Waals surface area contributed by atoms with Crippen molar-refractivity contribution in [2.45, 2.75) is 26.3 Å². The third kappa shape index (κ3) is 6.96. The van der Waals surface area contributed by atoms with Crippen LogP contribution in [0.5, 0.6) is 0 Å². The van der Waals surface area contributed by atoms with E-state index in [9.17, 15) is 0 Å². The molecule has 2 N–H and O–H groups in total. The summed E-state index contributed by atoms with van der Waals surface area (Å²) in [6.07, 6.45) is 2.82. The van der Waals surface area contributed by atoms with Crippen LogP contribution in [0, 0.1) is 6.92 Å². The molecule has 0 radical (unpaired) electrons. The molecule has 1 aromatic carbocycles. The standard InChI is InChI=1S/C21H30ClN5OS/c1-3-23-21(24-8-7-20-25-14-16(2)29-20)26-15-19(27-9-11-28-12-10-27)17-5-4-6-18(22)13-17/h4-6,13-14,19H,3,7-12,15H2,1-2H3,(H2,23,24,26). The molecule has 1 atom stereocenters. The second-order valence-corrected chi connectivity index (χ2v) is 8.74. The van der Waals surface area contributed by atoms with Crippen molar-refractivity contribution in [2.24, 2.45) is 4.99 Å². The first-order valence-electron chi connectivity index (χ1n) is 10.2. The molecule has 29 heavy (non-hydrogen) atoms. The monoisotopic (exact) mass is 435 g/mol. The van der Waals surface area contributed by atoms with Gasteiger partial charge in [0.15, 0.2) is 5.96 Å². The SMILES string of the molecule is CCNC(=NCC(c1cccc(Cl)c1)N1CCOCC1)NCCc1ncc(C)s1. The molecule has 0 aliphatic carbocycles. The average Bonchev–Trinajstić information content (AvgIpc) is 3.14. The van der Waals surface area contributed by atoms with Gasteiger partial charge in [-0.2, -0.15) is 0 Å². The van der Waals surface area contributed by atoms with Crippen molar-refractivity contribution in [3.8, 4) is 0 Å². The van der Waals surface area contributed by atoms with Crippen LogP contribution < -0.4 is 10.6 Å². The summed E-state index contributed by atoms with van der Waals surface area (Å²) >= 11 is 8.01. The molecule has 3 rings (SSSR count). The lowest BCUT2D eigenvalue weighted by atomic mass is 10.0. The van der Waals surface area contributed by atoms with Crippen molar-refractivity contribution < 1.29 is 4.74 Å². The second kappa shape index (κ2) is 11.5. The number of guanidine groups is 1. The van der Waals surface area contributed by atoms with Crippen LogP contribution in [0.15, 0.2) is 35.5 Å². The fourth-order valence-electron chi connectivity index (χ4n) is 3.36. The van der Waals surface area contributed by atoms with Crippen LogP contribution >= 0.6 is 22.9 Å². The lowest BCUT2D eigenvalue weighted by Gasteiger charge is -2.34. The molecule has 158 valence electrons. The largest absolute Gasteiger partial charge is 0.379 e. The molecular weight excluding hydrogens is 406 g/mol. The Labute approximate surface area is 182 Å². The Morgan fingerprint density at radius 3 is 2.86 bits per heavy atom. The van der Waals surface area contributed by atoms with E-state index in [0.29, 0.717) is 6.54 Å². The number of hydrogen-bond acceptors (Lipinski definition) is 5. The number of aliphatic imine (C=N–C) groups is 1. The molecule has 0 saturated carbocycles. The maximum Gasteiger partial charge on any atom is 0.191 e. The van der Waals surface area contributed by atoms with Crippen LogP contribution in [0.2, 0.25) is 5.02 Å². The van der Waals surface area contributed by atoms with Crippen molar-refractivity contribution in [1.82, 2.24) is 20.5 Å². The number of benzene rings is 1. The molecule has 1 unspecified atom stereocenters. The van der Waals surface area contributed by atoms with Crippen molar-refractivity contribution in [2.75, 3.05) is 45.9 Å². The van der Waals surface area contributed by atoms with Gasteiger partial charge in [-0.25, -0.2) is 4.98 Å². The van der Waals surface area contributed by atoms with Crippen molar-refractivity contribution in [3.63, 3.8) is 0 Å². The lowest BCUT2D eigenvalue weighted by Crippen LogP contribution is -2.42. The zero-order chi connectivity index (χ0) is 20.5. The Hall–Kier alpha value is -1.67. The third-order valence-electron chi connectivity index (χ3n) is 4.79. The highest BCUT2D eigenvalue weighted by Crippen LogP contribution is 2.24. The van der Waals surface area contributed by atoms with Gasteiger partial charge in [-0.15, -0.1) is 11.3 Å². The number of morpholine rings is 1. The fraction of sp³-hybridized carbons (Fsp3) is 0.524. The van der Waals surface area contributed by atoms with Crippen LogP contribution in [0.1, 0.15) is 28.4 Å². The molecule has 2 aromatic rings. The molecule has 0 amide bonds. The van der Waals surface area contributed by atoms with Gasteiger partial charge in [-0.1, -0.05) is 23.7 Å². The van der Waals surface area contributed by atoms with Crippen LogP contribution in [0.4, 0.5) is 0 Å². The Balaban J connectivity index is 1.66. The number of aryl methyl sites for hydroxylation is 1. The minimum absolute atomic E-state index is 0.176. The van der Waals surface area contributed by atoms with Gasteiger partial charge < -0.3 is 15.4 Å². The van der Waals surface area contributed by atoms with E-state index in [2.05, 4.69) is 40.4 Å². The van der Waals surface area contributed by atoms with Gasteiger partial charge in [-0.05, 0) is 31.5 Å². The summed E-state index contributed by atoms with van der Waals surface area (Å²) in [4.78, 5) is 13.0. The topological polar surface area (TPSA) is 61.8 Å². The van der Waals surface area contributed by atoms with Gasteiger partial charge >= 0.3 is 0 Å². The summed E-state index contributed by atoms with van der Waals surface area (Å²) in [5, 5.41) is 8.69. The summed E-state index contributed by atoms with van der Waals surface area (Å²) in [6, 6.07) is 8.27.